The van der Waals surface area contributed by atoms with Gasteiger partial charge in [0.05, 0.1) is 5.56 Å². The lowest BCUT2D eigenvalue weighted by Crippen LogP contribution is -2.14. The maximum atomic E-state index is 13.0. The van der Waals surface area contributed by atoms with Crippen LogP contribution in [0.3, 0.4) is 0 Å². The average Bonchev–Trinajstić information content (AvgIpc) is 2.88. The molecule has 0 bridgehead atoms. The number of alkyl halides is 3. The Morgan fingerprint density at radius 1 is 1.40 bits per heavy atom. The quantitative estimate of drug-likeness (QED) is 0.878. The number of thiazole rings is 1. The van der Waals surface area contributed by atoms with E-state index in [1.165, 1.54) is 23.5 Å². The van der Waals surface area contributed by atoms with Crippen molar-refractivity contribution >= 4 is 28.5 Å². The van der Waals surface area contributed by atoms with Crippen LogP contribution in [0, 0.1) is 0 Å². The molecule has 0 aliphatic heterocycles. The van der Waals surface area contributed by atoms with Gasteiger partial charge in [0, 0.05) is 17.1 Å². The van der Waals surface area contributed by atoms with Gasteiger partial charge in [0.1, 0.15) is 22.4 Å². The Morgan fingerprint density at radius 3 is 2.70 bits per heavy atom. The van der Waals surface area contributed by atoms with Gasteiger partial charge in [-0.15, -0.1) is 11.3 Å². The highest BCUT2D eigenvalue weighted by Gasteiger charge is 2.35. The number of rotatable bonds is 4. The fourth-order valence-corrected chi connectivity index (χ4v) is 2.15. The van der Waals surface area contributed by atoms with E-state index in [1.54, 1.807) is 11.6 Å². The smallest absolute Gasteiger partial charge is 0.419 e. The molecule has 0 unspecified atom stereocenters. The van der Waals surface area contributed by atoms with Crippen LogP contribution in [-0.2, 0) is 12.8 Å². The Morgan fingerprint density at radius 2 is 2.15 bits per heavy atom. The summed E-state index contributed by atoms with van der Waals surface area (Å²) in [5.74, 6) is -0.271. The molecule has 0 aliphatic rings. The molecule has 2 aromatic rings. The molecule has 0 fully saturated rings. The monoisotopic (exact) mass is 318 g/mol. The fourth-order valence-electron chi connectivity index (χ4n) is 1.49. The van der Waals surface area contributed by atoms with Crippen molar-refractivity contribution in [3.05, 3.63) is 45.9 Å². The van der Waals surface area contributed by atoms with E-state index in [0.29, 0.717) is 5.01 Å². The summed E-state index contributed by atoms with van der Waals surface area (Å²) in [5, 5.41) is 2.32. The molecule has 0 saturated heterocycles. The molecule has 0 saturated carbocycles. The molecule has 8 heteroatoms. The predicted molar refractivity (Wildman–Crippen MR) is 73.8 cm³/mol. The molecule has 1 aromatic heterocycles. The first-order chi connectivity index (χ1) is 9.38. The van der Waals surface area contributed by atoms with Gasteiger partial charge in [-0.05, 0) is 18.2 Å². The molecule has 0 amide bonds. The van der Waals surface area contributed by atoms with E-state index >= 15 is 0 Å². The number of nitrogens with zero attached hydrogens (tertiary/aromatic N) is 1. The molecular formula is C12H9F3N2OS2. The van der Waals surface area contributed by atoms with Crippen LogP contribution < -0.4 is 10.5 Å². The van der Waals surface area contributed by atoms with Crippen molar-refractivity contribution < 1.29 is 17.9 Å². The van der Waals surface area contributed by atoms with Crippen molar-refractivity contribution in [2.45, 2.75) is 12.8 Å². The molecule has 3 nitrogen and oxygen atoms in total. The maximum absolute atomic E-state index is 13.0. The van der Waals surface area contributed by atoms with Crippen LogP contribution in [0.15, 0.2) is 29.8 Å². The van der Waals surface area contributed by atoms with Crippen molar-refractivity contribution in [3.63, 3.8) is 0 Å². The first kappa shape index (κ1) is 14.7. The van der Waals surface area contributed by atoms with Gasteiger partial charge in [0.15, 0.2) is 0 Å². The van der Waals surface area contributed by atoms with Crippen molar-refractivity contribution in [1.82, 2.24) is 4.98 Å². The molecular weight excluding hydrogens is 309 g/mol. The van der Waals surface area contributed by atoms with E-state index in [0.717, 1.165) is 6.07 Å². The van der Waals surface area contributed by atoms with Crippen molar-refractivity contribution in [3.8, 4) is 5.75 Å². The van der Waals surface area contributed by atoms with Gasteiger partial charge in [-0.2, -0.15) is 13.2 Å². The summed E-state index contributed by atoms with van der Waals surface area (Å²) < 4.78 is 44.1. The minimum atomic E-state index is -4.54. The highest BCUT2D eigenvalue weighted by atomic mass is 32.1. The van der Waals surface area contributed by atoms with Crippen LogP contribution in [0.25, 0.3) is 0 Å². The SMILES string of the molecule is NC(=S)c1ccc(OCc2nccs2)c(C(F)(F)F)c1. The lowest BCUT2D eigenvalue weighted by molar-refractivity contribution is -0.139. The zero-order chi connectivity index (χ0) is 14.8. The van der Waals surface area contributed by atoms with Gasteiger partial charge in [-0.25, -0.2) is 4.98 Å². The molecule has 0 atom stereocenters. The third kappa shape index (κ3) is 3.45. The second-order valence-electron chi connectivity index (χ2n) is 3.79. The van der Waals surface area contributed by atoms with Crippen LogP contribution in [0.5, 0.6) is 5.75 Å². The Labute approximate surface area is 122 Å². The van der Waals surface area contributed by atoms with E-state index in [4.69, 9.17) is 10.5 Å². The normalized spacial score (nSPS) is 11.3. The molecule has 20 heavy (non-hydrogen) atoms. The number of nitrogens with two attached hydrogens (primary N) is 1. The predicted octanol–water partition coefficient (Wildman–Crippen LogP) is 3.38. The van der Waals surface area contributed by atoms with E-state index in [-0.39, 0.29) is 22.9 Å². The second kappa shape index (κ2) is 5.76. The van der Waals surface area contributed by atoms with Crippen molar-refractivity contribution in [1.29, 1.82) is 0 Å². The number of ether oxygens (including phenoxy) is 1. The molecule has 2 rings (SSSR count). The summed E-state index contributed by atoms with van der Waals surface area (Å²) in [4.78, 5) is 3.85. The summed E-state index contributed by atoms with van der Waals surface area (Å²) in [5.41, 5.74) is 4.59. The number of thiocarbonyl (C=S) groups is 1. The summed E-state index contributed by atoms with van der Waals surface area (Å²) in [6.45, 7) is -0.0207. The van der Waals surface area contributed by atoms with Crippen molar-refractivity contribution in [2.75, 3.05) is 0 Å². The number of aromatic nitrogens is 1. The van der Waals surface area contributed by atoms with Crippen LogP contribution in [0.4, 0.5) is 13.2 Å². The lowest BCUT2D eigenvalue weighted by Gasteiger charge is -2.14. The van der Waals surface area contributed by atoms with Gasteiger partial charge >= 0.3 is 6.18 Å². The van der Waals surface area contributed by atoms with Gasteiger partial charge in [0.2, 0.25) is 0 Å². The fraction of sp³-hybridized carbons (Fsp3) is 0.167. The van der Waals surface area contributed by atoms with Gasteiger partial charge in [0.25, 0.3) is 0 Å². The third-order valence-corrected chi connectivity index (χ3v) is 3.39. The minimum Gasteiger partial charge on any atom is -0.486 e. The second-order valence-corrected chi connectivity index (χ2v) is 5.21. The van der Waals surface area contributed by atoms with E-state index in [1.807, 2.05) is 0 Å². The third-order valence-electron chi connectivity index (χ3n) is 2.40. The first-order valence-corrected chi connectivity index (χ1v) is 6.69. The molecule has 1 aromatic carbocycles. The Bertz CT molecular complexity index is 612. The van der Waals surface area contributed by atoms with Crippen molar-refractivity contribution in [2.24, 2.45) is 5.73 Å². The first-order valence-electron chi connectivity index (χ1n) is 5.40. The number of hydrogen-bond acceptors (Lipinski definition) is 4. The topological polar surface area (TPSA) is 48.1 Å². The van der Waals surface area contributed by atoms with E-state index in [9.17, 15) is 13.2 Å². The zero-order valence-corrected chi connectivity index (χ0v) is 11.6. The lowest BCUT2D eigenvalue weighted by atomic mass is 10.1. The van der Waals surface area contributed by atoms with Crippen LogP contribution in [0.1, 0.15) is 16.1 Å². The van der Waals surface area contributed by atoms with Crippen LogP contribution >= 0.6 is 23.6 Å². The van der Waals surface area contributed by atoms with Gasteiger partial charge < -0.3 is 10.5 Å². The van der Waals surface area contributed by atoms with E-state index in [2.05, 4.69) is 17.2 Å². The summed E-state index contributed by atoms with van der Waals surface area (Å²) in [6.07, 6.45) is -2.98. The Balaban J connectivity index is 2.29. The molecule has 106 valence electrons. The van der Waals surface area contributed by atoms with Crippen LogP contribution in [-0.4, -0.2) is 9.97 Å². The average molecular weight is 318 g/mol. The summed E-state index contributed by atoms with van der Waals surface area (Å²) >= 11 is 5.98. The standard InChI is InChI=1S/C12H9F3N2OS2/c13-12(14,15)8-5-7(11(16)19)1-2-9(8)18-6-10-17-3-4-20-10/h1-5H,6H2,(H2,16,19). The highest BCUT2D eigenvalue weighted by molar-refractivity contribution is 7.80. The van der Waals surface area contributed by atoms with Gasteiger partial charge in [-0.1, -0.05) is 12.2 Å². The molecule has 2 N–H and O–H groups in total. The van der Waals surface area contributed by atoms with E-state index < -0.39 is 11.7 Å². The summed E-state index contributed by atoms with van der Waals surface area (Å²) in [7, 11) is 0. The number of hydrogen-bond donors (Lipinski definition) is 1. The molecule has 0 radical (unpaired) electrons. The zero-order valence-electron chi connectivity index (χ0n) is 9.98. The molecule has 0 aliphatic carbocycles. The Hall–Kier alpha value is -1.67. The summed E-state index contributed by atoms with van der Waals surface area (Å²) in [6, 6.07) is 3.50. The maximum Gasteiger partial charge on any atom is 0.419 e. The Kier molecular flexibility index (Phi) is 4.24. The largest absolute Gasteiger partial charge is 0.486 e. The molecule has 0 spiro atoms. The number of benzene rings is 1. The highest BCUT2D eigenvalue weighted by Crippen LogP contribution is 2.37. The molecule has 1 heterocycles. The van der Waals surface area contributed by atoms with Gasteiger partial charge in [-0.3, -0.25) is 0 Å². The number of halogens is 3. The minimum absolute atomic E-state index is 0.0207. The van der Waals surface area contributed by atoms with Crippen LogP contribution in [0.2, 0.25) is 0 Å².